The molecule has 198 valence electrons. The van der Waals surface area contributed by atoms with E-state index in [1.165, 1.54) is 0 Å². The maximum Gasteiger partial charge on any atom is 0.309 e. The molecule has 3 atom stereocenters. The van der Waals surface area contributed by atoms with Crippen LogP contribution in [0, 0.1) is 11.3 Å². The van der Waals surface area contributed by atoms with E-state index < -0.39 is 29.5 Å². The molecule has 0 bridgehead atoms. The van der Waals surface area contributed by atoms with Crippen molar-refractivity contribution in [1.29, 1.82) is 0 Å². The normalized spacial score (nSPS) is 14.1. The van der Waals surface area contributed by atoms with Crippen LogP contribution in [0.2, 0.25) is 0 Å². The van der Waals surface area contributed by atoms with Crippen LogP contribution in [0.4, 0.5) is 0 Å². The lowest BCUT2D eigenvalue weighted by Gasteiger charge is -2.32. The first kappa shape index (κ1) is 27.2. The van der Waals surface area contributed by atoms with Gasteiger partial charge in [0.05, 0.1) is 29.5 Å². The van der Waals surface area contributed by atoms with Gasteiger partial charge in [0.25, 0.3) is 0 Å². The van der Waals surface area contributed by atoms with Gasteiger partial charge in [-0.1, -0.05) is 81.4 Å². The molecule has 7 heteroatoms. The number of nitrogens with zero attached hydrogens (tertiary/aromatic N) is 3. The first-order valence-corrected chi connectivity index (χ1v) is 12.9. The van der Waals surface area contributed by atoms with E-state index in [1.807, 2.05) is 72.8 Å². The Morgan fingerprint density at radius 2 is 1.45 bits per heavy atom. The van der Waals surface area contributed by atoms with Crippen molar-refractivity contribution in [3.8, 4) is 33.9 Å². The van der Waals surface area contributed by atoms with Crippen molar-refractivity contribution in [3.63, 3.8) is 0 Å². The minimum atomic E-state index is -1.17. The highest BCUT2D eigenvalue weighted by atomic mass is 16.4. The predicted molar refractivity (Wildman–Crippen MR) is 148 cm³/mol. The number of aliphatic carboxylic acids is 1. The van der Waals surface area contributed by atoms with Crippen molar-refractivity contribution >= 4 is 5.97 Å². The Labute approximate surface area is 223 Å². The number of pyridine rings is 1. The second-order valence-electron chi connectivity index (χ2n) is 10.7. The molecule has 0 aliphatic rings. The maximum atomic E-state index is 11.8. The third-order valence-electron chi connectivity index (χ3n) is 6.78. The maximum absolute atomic E-state index is 11.8. The SMILES string of the molecule is CC(C)(C)C(C(=O)O)[C@H](O)C[C@H](O)CCn1c(-c2ccccc2)nc(-c2ccncc2)c1-c1ccccc1. The van der Waals surface area contributed by atoms with Gasteiger partial charge in [0.1, 0.15) is 5.82 Å². The van der Waals surface area contributed by atoms with Gasteiger partial charge in [0.15, 0.2) is 0 Å². The monoisotopic (exact) mass is 513 g/mol. The van der Waals surface area contributed by atoms with Gasteiger partial charge in [-0.25, -0.2) is 4.98 Å². The smallest absolute Gasteiger partial charge is 0.309 e. The largest absolute Gasteiger partial charge is 0.481 e. The fourth-order valence-electron chi connectivity index (χ4n) is 5.00. The number of imidazole rings is 1. The van der Waals surface area contributed by atoms with E-state index in [4.69, 9.17) is 4.98 Å². The zero-order chi connectivity index (χ0) is 27.3. The average molecular weight is 514 g/mol. The van der Waals surface area contributed by atoms with Crippen molar-refractivity contribution in [1.82, 2.24) is 14.5 Å². The Morgan fingerprint density at radius 3 is 2.00 bits per heavy atom. The number of carbonyl (C=O) groups is 1. The zero-order valence-corrected chi connectivity index (χ0v) is 22.0. The lowest BCUT2D eigenvalue weighted by atomic mass is 9.76. The summed E-state index contributed by atoms with van der Waals surface area (Å²) in [5.41, 5.74) is 3.95. The van der Waals surface area contributed by atoms with Crippen molar-refractivity contribution in [2.24, 2.45) is 11.3 Å². The molecule has 0 aliphatic carbocycles. The van der Waals surface area contributed by atoms with Crippen LogP contribution in [0.25, 0.3) is 33.9 Å². The molecule has 2 aromatic heterocycles. The third kappa shape index (κ3) is 6.18. The van der Waals surface area contributed by atoms with Crippen LogP contribution in [0.3, 0.4) is 0 Å². The second-order valence-corrected chi connectivity index (χ2v) is 10.7. The van der Waals surface area contributed by atoms with Crippen molar-refractivity contribution in [2.45, 2.75) is 52.4 Å². The highest BCUT2D eigenvalue weighted by Crippen LogP contribution is 2.37. The number of hydrogen-bond acceptors (Lipinski definition) is 5. The van der Waals surface area contributed by atoms with Gasteiger partial charge in [-0.2, -0.15) is 0 Å². The number of aliphatic hydroxyl groups is 2. The van der Waals surface area contributed by atoms with Crippen LogP contribution in [0.15, 0.2) is 85.2 Å². The van der Waals surface area contributed by atoms with Gasteiger partial charge in [-0.15, -0.1) is 0 Å². The van der Waals surface area contributed by atoms with Crippen LogP contribution in [0.5, 0.6) is 0 Å². The molecule has 4 aromatic rings. The number of rotatable bonds is 10. The number of benzene rings is 2. The molecule has 0 radical (unpaired) electrons. The summed E-state index contributed by atoms with van der Waals surface area (Å²) in [4.78, 5) is 21.1. The van der Waals surface area contributed by atoms with Crippen LogP contribution in [-0.2, 0) is 11.3 Å². The minimum absolute atomic E-state index is 0.0263. The molecule has 0 fully saturated rings. The summed E-state index contributed by atoms with van der Waals surface area (Å²) in [6, 6.07) is 23.8. The molecule has 1 unspecified atom stereocenters. The highest BCUT2D eigenvalue weighted by molar-refractivity contribution is 5.82. The first-order valence-electron chi connectivity index (χ1n) is 12.9. The zero-order valence-electron chi connectivity index (χ0n) is 22.0. The summed E-state index contributed by atoms with van der Waals surface area (Å²) >= 11 is 0. The molecule has 0 spiro atoms. The van der Waals surface area contributed by atoms with Crippen molar-refractivity contribution in [3.05, 3.63) is 85.2 Å². The Kier molecular flexibility index (Phi) is 8.39. The fraction of sp³-hybridized carbons (Fsp3) is 0.323. The van der Waals surface area contributed by atoms with Crippen molar-refractivity contribution in [2.75, 3.05) is 0 Å². The second kappa shape index (κ2) is 11.7. The topological polar surface area (TPSA) is 108 Å². The van der Waals surface area contributed by atoms with Gasteiger partial charge in [0, 0.05) is 42.0 Å². The highest BCUT2D eigenvalue weighted by Gasteiger charge is 2.38. The predicted octanol–water partition coefficient (Wildman–Crippen LogP) is 5.53. The fourth-order valence-corrected chi connectivity index (χ4v) is 5.00. The van der Waals surface area contributed by atoms with E-state index in [-0.39, 0.29) is 6.42 Å². The first-order chi connectivity index (χ1) is 18.2. The van der Waals surface area contributed by atoms with E-state index in [0.717, 1.165) is 33.9 Å². The lowest BCUT2D eigenvalue weighted by Crippen LogP contribution is -2.40. The number of aliphatic hydroxyl groups excluding tert-OH is 2. The third-order valence-corrected chi connectivity index (χ3v) is 6.78. The van der Waals surface area contributed by atoms with Crippen molar-refractivity contribution < 1.29 is 20.1 Å². The summed E-state index contributed by atoms with van der Waals surface area (Å²) in [6.45, 7) is 5.77. The Bertz CT molecular complexity index is 1330. The van der Waals surface area contributed by atoms with E-state index in [2.05, 4.69) is 9.55 Å². The van der Waals surface area contributed by atoms with E-state index in [9.17, 15) is 20.1 Å². The van der Waals surface area contributed by atoms with Crippen LogP contribution in [-0.4, -0.2) is 48.0 Å². The molecule has 3 N–H and O–H groups in total. The molecule has 0 saturated carbocycles. The molecule has 2 heterocycles. The van der Waals surface area contributed by atoms with E-state index in [1.54, 1.807) is 33.2 Å². The Balaban J connectivity index is 1.72. The standard InChI is InChI=1S/C31H35N3O4/c1-31(2,3)26(30(37)38)25(36)20-24(35)16-19-34-28(22-10-6-4-7-11-22)27(21-14-17-32-18-15-21)33-29(34)23-12-8-5-9-13-23/h4-15,17-18,24-26,35-36H,16,19-20H2,1-3H3,(H,37,38)/t24-,25-,26?/m1/s1. The number of aromatic nitrogens is 3. The van der Waals surface area contributed by atoms with Gasteiger partial charge in [-0.05, 0) is 24.0 Å². The lowest BCUT2D eigenvalue weighted by molar-refractivity contribution is -0.152. The molecule has 38 heavy (non-hydrogen) atoms. The quantitative estimate of drug-likeness (QED) is 0.257. The Hall–Kier alpha value is -3.81. The summed E-state index contributed by atoms with van der Waals surface area (Å²) in [7, 11) is 0. The summed E-state index contributed by atoms with van der Waals surface area (Å²) < 4.78 is 2.11. The van der Waals surface area contributed by atoms with Gasteiger partial charge in [0.2, 0.25) is 0 Å². The van der Waals surface area contributed by atoms with E-state index in [0.29, 0.717) is 13.0 Å². The van der Waals surface area contributed by atoms with E-state index >= 15 is 0 Å². The molecule has 7 nitrogen and oxygen atoms in total. The summed E-state index contributed by atoms with van der Waals surface area (Å²) in [6.07, 6.45) is 1.71. The molecular weight excluding hydrogens is 478 g/mol. The van der Waals surface area contributed by atoms with Gasteiger partial charge in [-0.3, -0.25) is 9.78 Å². The van der Waals surface area contributed by atoms with Crippen LogP contribution in [0.1, 0.15) is 33.6 Å². The number of hydrogen-bond donors (Lipinski definition) is 3. The van der Waals surface area contributed by atoms with Crippen LogP contribution >= 0.6 is 0 Å². The molecule has 0 aliphatic heterocycles. The molecule has 2 aromatic carbocycles. The molecular formula is C31H35N3O4. The molecule has 0 amide bonds. The number of carboxylic acid groups (broad SMARTS) is 1. The average Bonchev–Trinajstić information content (AvgIpc) is 3.27. The summed E-state index contributed by atoms with van der Waals surface area (Å²) in [5, 5.41) is 31.3. The minimum Gasteiger partial charge on any atom is -0.481 e. The van der Waals surface area contributed by atoms with Gasteiger partial charge < -0.3 is 19.9 Å². The number of carboxylic acids is 1. The van der Waals surface area contributed by atoms with Gasteiger partial charge >= 0.3 is 5.97 Å². The Morgan fingerprint density at radius 1 is 0.868 bits per heavy atom. The summed E-state index contributed by atoms with van der Waals surface area (Å²) in [5.74, 6) is -1.28. The molecule has 4 rings (SSSR count). The molecule has 0 saturated heterocycles. The van der Waals surface area contributed by atoms with Crippen LogP contribution < -0.4 is 0 Å².